The first-order valence-corrected chi connectivity index (χ1v) is 22.2. The molecule has 1 amide bonds. The van der Waals surface area contributed by atoms with Crippen molar-refractivity contribution in [3.8, 4) is 0 Å². The molecule has 0 aromatic carbocycles. The highest BCUT2D eigenvalue weighted by Crippen LogP contribution is 2.22. The standard InChI is InChI=1S/C44H83NO9/c1-3-5-7-9-11-13-15-17-18-19-21-23-25-27-29-31-33-38(48)43(52)45-36(35-53-44-42(51)41(50)40(49)39(34-46)54-44)37(47)32-30-28-26-24-22-20-16-14-12-10-8-6-4-2/h17-18,30,32,36-42,44,46-51H,3-16,19-29,31,33-35H2,1-2H3,(H,45,52)/b18-17-,32-30+. The van der Waals surface area contributed by atoms with E-state index >= 15 is 0 Å². The molecule has 1 aliphatic rings. The number of allylic oxidation sites excluding steroid dienone is 3. The molecule has 8 atom stereocenters. The van der Waals surface area contributed by atoms with Crippen LogP contribution in [0.3, 0.4) is 0 Å². The summed E-state index contributed by atoms with van der Waals surface area (Å²) in [5.41, 5.74) is 0. The lowest BCUT2D eigenvalue weighted by molar-refractivity contribution is -0.302. The van der Waals surface area contributed by atoms with E-state index in [9.17, 15) is 35.4 Å². The smallest absolute Gasteiger partial charge is 0.249 e. The predicted molar refractivity (Wildman–Crippen MR) is 218 cm³/mol. The fourth-order valence-corrected chi connectivity index (χ4v) is 6.92. The zero-order valence-electron chi connectivity index (χ0n) is 34.3. The number of amides is 1. The van der Waals surface area contributed by atoms with Crippen LogP contribution in [-0.4, -0.2) is 98.7 Å². The Morgan fingerprint density at radius 1 is 0.630 bits per heavy atom. The largest absolute Gasteiger partial charge is 0.394 e. The Kier molecular flexibility index (Phi) is 32.7. The Morgan fingerprint density at radius 3 is 1.56 bits per heavy atom. The lowest BCUT2D eigenvalue weighted by atomic mass is 9.99. The number of carbonyl (C=O) groups excluding carboxylic acids is 1. The van der Waals surface area contributed by atoms with Gasteiger partial charge in [0.2, 0.25) is 5.91 Å². The third kappa shape index (κ3) is 25.0. The Hall–Kier alpha value is -1.37. The van der Waals surface area contributed by atoms with Gasteiger partial charge in [-0.15, -0.1) is 0 Å². The van der Waals surface area contributed by atoms with Gasteiger partial charge in [-0.3, -0.25) is 4.79 Å². The van der Waals surface area contributed by atoms with E-state index in [1.807, 2.05) is 6.08 Å². The van der Waals surface area contributed by atoms with Crippen LogP contribution in [0.5, 0.6) is 0 Å². The molecule has 8 unspecified atom stereocenters. The van der Waals surface area contributed by atoms with Gasteiger partial charge < -0.3 is 45.4 Å². The van der Waals surface area contributed by atoms with Crippen LogP contribution >= 0.6 is 0 Å². The summed E-state index contributed by atoms with van der Waals surface area (Å²) in [6, 6.07) is -0.979. The highest BCUT2D eigenvalue weighted by Gasteiger charge is 2.44. The number of hydrogen-bond acceptors (Lipinski definition) is 9. The van der Waals surface area contributed by atoms with Crippen LogP contribution in [0.2, 0.25) is 0 Å². The van der Waals surface area contributed by atoms with Gasteiger partial charge >= 0.3 is 0 Å². The van der Waals surface area contributed by atoms with Crippen molar-refractivity contribution in [2.24, 2.45) is 0 Å². The number of aliphatic hydroxyl groups excluding tert-OH is 6. The number of rotatable bonds is 36. The second-order valence-electron chi connectivity index (χ2n) is 15.6. The van der Waals surface area contributed by atoms with E-state index in [1.165, 1.54) is 116 Å². The minimum Gasteiger partial charge on any atom is -0.394 e. The molecule has 0 aromatic rings. The van der Waals surface area contributed by atoms with Gasteiger partial charge in [0.25, 0.3) is 0 Å². The Bertz CT molecular complexity index is 916. The topological polar surface area (TPSA) is 169 Å². The summed E-state index contributed by atoms with van der Waals surface area (Å²) in [5.74, 6) is -0.622. The highest BCUT2D eigenvalue weighted by atomic mass is 16.7. The highest BCUT2D eigenvalue weighted by molar-refractivity contribution is 5.80. The number of nitrogens with one attached hydrogen (secondary N) is 1. The third-order valence-electron chi connectivity index (χ3n) is 10.6. The van der Waals surface area contributed by atoms with Gasteiger partial charge in [0.1, 0.15) is 30.5 Å². The fraction of sp³-hybridized carbons (Fsp3) is 0.886. The van der Waals surface area contributed by atoms with E-state index in [0.29, 0.717) is 12.8 Å². The monoisotopic (exact) mass is 770 g/mol. The summed E-state index contributed by atoms with van der Waals surface area (Å²) in [6.45, 7) is 3.58. The molecule has 1 saturated heterocycles. The van der Waals surface area contributed by atoms with Gasteiger partial charge in [0.05, 0.1) is 25.4 Å². The fourth-order valence-electron chi connectivity index (χ4n) is 6.92. The maximum atomic E-state index is 13.0. The van der Waals surface area contributed by atoms with Crippen molar-refractivity contribution in [1.29, 1.82) is 0 Å². The van der Waals surface area contributed by atoms with Crippen molar-refractivity contribution in [3.63, 3.8) is 0 Å². The Balaban J connectivity index is 2.45. The first kappa shape index (κ1) is 50.6. The maximum Gasteiger partial charge on any atom is 0.249 e. The number of ether oxygens (including phenoxy) is 2. The van der Waals surface area contributed by atoms with Crippen LogP contribution in [0.15, 0.2) is 24.3 Å². The molecular formula is C44H83NO9. The predicted octanol–water partition coefficient (Wildman–Crippen LogP) is 7.69. The summed E-state index contributed by atoms with van der Waals surface area (Å²) in [7, 11) is 0. The Morgan fingerprint density at radius 2 is 1.07 bits per heavy atom. The SMILES string of the molecule is CCCCCCCC/C=C\CCCCCCCCC(O)C(=O)NC(COC1OC(CO)C(O)C(O)C1O)C(O)/C=C/CCCCCCCCCCCCC. The summed E-state index contributed by atoms with van der Waals surface area (Å²) in [4.78, 5) is 13.0. The van der Waals surface area contributed by atoms with Crippen LogP contribution in [0, 0.1) is 0 Å². The van der Waals surface area contributed by atoms with Gasteiger partial charge in [0, 0.05) is 0 Å². The summed E-state index contributed by atoms with van der Waals surface area (Å²) >= 11 is 0. The molecule has 1 rings (SSSR count). The molecular weight excluding hydrogens is 686 g/mol. The minimum atomic E-state index is -1.61. The molecule has 1 aliphatic heterocycles. The van der Waals surface area contributed by atoms with Crippen LogP contribution in [0.4, 0.5) is 0 Å². The number of unbranched alkanes of at least 4 members (excludes halogenated alkanes) is 23. The second kappa shape index (κ2) is 34.8. The van der Waals surface area contributed by atoms with Crippen LogP contribution in [-0.2, 0) is 14.3 Å². The van der Waals surface area contributed by atoms with E-state index in [2.05, 4.69) is 31.3 Å². The molecule has 0 aliphatic carbocycles. The molecule has 0 spiro atoms. The van der Waals surface area contributed by atoms with E-state index in [4.69, 9.17) is 9.47 Å². The van der Waals surface area contributed by atoms with E-state index in [-0.39, 0.29) is 6.61 Å². The minimum absolute atomic E-state index is 0.304. The van der Waals surface area contributed by atoms with Gasteiger partial charge in [-0.05, 0) is 44.9 Å². The molecule has 0 bridgehead atoms. The maximum absolute atomic E-state index is 13.0. The lowest BCUT2D eigenvalue weighted by Crippen LogP contribution is -2.60. The van der Waals surface area contributed by atoms with Gasteiger partial charge in [0.15, 0.2) is 6.29 Å². The molecule has 1 fully saturated rings. The molecule has 0 aromatic heterocycles. The van der Waals surface area contributed by atoms with E-state index in [0.717, 1.165) is 44.9 Å². The lowest BCUT2D eigenvalue weighted by Gasteiger charge is -2.40. The van der Waals surface area contributed by atoms with Crippen molar-refractivity contribution in [2.75, 3.05) is 13.2 Å². The summed E-state index contributed by atoms with van der Waals surface area (Å²) < 4.78 is 11.1. The first-order chi connectivity index (χ1) is 26.3. The van der Waals surface area contributed by atoms with E-state index < -0.39 is 61.5 Å². The number of aliphatic hydroxyl groups is 6. The molecule has 0 saturated carbocycles. The quantitative estimate of drug-likeness (QED) is 0.0250. The first-order valence-electron chi connectivity index (χ1n) is 22.2. The summed E-state index contributed by atoms with van der Waals surface area (Å²) in [5, 5.41) is 64.5. The molecule has 318 valence electrons. The number of hydrogen-bond donors (Lipinski definition) is 7. The van der Waals surface area contributed by atoms with Crippen LogP contribution in [0.1, 0.15) is 187 Å². The van der Waals surface area contributed by atoms with Gasteiger partial charge in [-0.25, -0.2) is 0 Å². The molecule has 7 N–H and O–H groups in total. The van der Waals surface area contributed by atoms with Crippen molar-refractivity contribution >= 4 is 5.91 Å². The van der Waals surface area contributed by atoms with Crippen LogP contribution in [0.25, 0.3) is 0 Å². The second-order valence-corrected chi connectivity index (χ2v) is 15.6. The van der Waals surface area contributed by atoms with Crippen molar-refractivity contribution in [2.45, 2.75) is 236 Å². The summed E-state index contributed by atoms with van der Waals surface area (Å²) in [6.07, 6.45) is 29.7. The normalized spacial score (nSPS) is 22.3. The van der Waals surface area contributed by atoms with Crippen molar-refractivity contribution < 1.29 is 44.9 Å². The molecule has 0 radical (unpaired) electrons. The van der Waals surface area contributed by atoms with Gasteiger partial charge in [-0.1, -0.05) is 167 Å². The van der Waals surface area contributed by atoms with Crippen molar-refractivity contribution in [3.05, 3.63) is 24.3 Å². The van der Waals surface area contributed by atoms with Crippen LogP contribution < -0.4 is 5.32 Å². The average Bonchev–Trinajstić information content (AvgIpc) is 3.17. The number of carbonyl (C=O) groups is 1. The molecule has 54 heavy (non-hydrogen) atoms. The third-order valence-corrected chi connectivity index (χ3v) is 10.6. The molecule has 10 heteroatoms. The molecule has 1 heterocycles. The Labute approximate surface area is 329 Å². The zero-order chi connectivity index (χ0) is 39.7. The average molecular weight is 770 g/mol. The zero-order valence-corrected chi connectivity index (χ0v) is 34.3. The van der Waals surface area contributed by atoms with Gasteiger partial charge in [-0.2, -0.15) is 0 Å². The molecule has 10 nitrogen and oxygen atoms in total. The van der Waals surface area contributed by atoms with Crippen molar-refractivity contribution in [1.82, 2.24) is 5.32 Å². The van der Waals surface area contributed by atoms with E-state index in [1.54, 1.807) is 6.08 Å².